The zero-order chi connectivity index (χ0) is 17.3. The molecule has 5 heteroatoms. The summed E-state index contributed by atoms with van der Waals surface area (Å²) in [7, 11) is 1.80. The average Bonchev–Trinajstić information content (AvgIpc) is 3.11. The van der Waals surface area contributed by atoms with Gasteiger partial charge in [0.2, 0.25) is 0 Å². The Hall–Kier alpha value is -1.59. The van der Waals surface area contributed by atoms with E-state index >= 15 is 0 Å². The van der Waals surface area contributed by atoms with Crippen molar-refractivity contribution in [2.75, 3.05) is 40.0 Å². The molecule has 0 amide bonds. The summed E-state index contributed by atoms with van der Waals surface area (Å²) in [5.41, 5.74) is 1.37. The van der Waals surface area contributed by atoms with Crippen molar-refractivity contribution in [3.8, 4) is 0 Å². The molecule has 1 fully saturated rings. The number of aliphatic imine (C=N–C) groups is 1. The summed E-state index contributed by atoms with van der Waals surface area (Å²) in [6.45, 7) is 8.47. The summed E-state index contributed by atoms with van der Waals surface area (Å²) in [5.74, 6) is 0.836. The van der Waals surface area contributed by atoms with Crippen LogP contribution < -0.4 is 10.6 Å². The number of hydrogen-bond donors (Lipinski definition) is 2. The molecule has 0 spiro atoms. The van der Waals surface area contributed by atoms with Crippen molar-refractivity contribution in [1.82, 2.24) is 10.6 Å². The Morgan fingerprint density at radius 2 is 2.08 bits per heavy atom. The van der Waals surface area contributed by atoms with Crippen LogP contribution in [0, 0.1) is 0 Å². The molecule has 1 aromatic carbocycles. The van der Waals surface area contributed by atoms with Crippen LogP contribution in [0.25, 0.3) is 0 Å². The third kappa shape index (κ3) is 6.13. The topological polar surface area (TPSA) is 54.9 Å². The minimum Gasteiger partial charge on any atom is -0.379 e. The van der Waals surface area contributed by atoms with Crippen LogP contribution in [-0.4, -0.2) is 52.0 Å². The second-order valence-corrected chi connectivity index (χ2v) is 6.81. The Morgan fingerprint density at radius 3 is 2.75 bits per heavy atom. The summed E-state index contributed by atoms with van der Waals surface area (Å²) >= 11 is 0. The van der Waals surface area contributed by atoms with Gasteiger partial charge < -0.3 is 20.1 Å². The fourth-order valence-electron chi connectivity index (χ4n) is 2.69. The molecule has 134 valence electrons. The van der Waals surface area contributed by atoms with Gasteiger partial charge >= 0.3 is 0 Å². The fraction of sp³-hybridized carbons (Fsp3) is 0.632. The van der Waals surface area contributed by atoms with Crippen molar-refractivity contribution < 1.29 is 9.47 Å². The lowest BCUT2D eigenvalue weighted by Crippen LogP contribution is -2.43. The molecule has 1 unspecified atom stereocenters. The summed E-state index contributed by atoms with van der Waals surface area (Å²) in [6, 6.07) is 10.6. The molecule has 1 heterocycles. The molecule has 0 aliphatic carbocycles. The molecule has 1 atom stereocenters. The smallest absolute Gasteiger partial charge is 0.191 e. The number of hydrogen-bond acceptors (Lipinski definition) is 3. The largest absolute Gasteiger partial charge is 0.379 e. The molecule has 5 nitrogen and oxygen atoms in total. The lowest BCUT2D eigenvalue weighted by molar-refractivity contribution is 0.0420. The predicted molar refractivity (Wildman–Crippen MR) is 98.6 cm³/mol. The Kier molecular flexibility index (Phi) is 7.53. The Labute approximate surface area is 145 Å². The highest BCUT2D eigenvalue weighted by Gasteiger charge is 2.20. The quantitative estimate of drug-likeness (QED) is 0.435. The lowest BCUT2D eigenvalue weighted by atomic mass is 9.85. The van der Waals surface area contributed by atoms with Crippen molar-refractivity contribution in [2.45, 2.75) is 38.2 Å². The van der Waals surface area contributed by atoms with Gasteiger partial charge in [-0.15, -0.1) is 0 Å². The van der Waals surface area contributed by atoms with Crippen LogP contribution in [0.1, 0.15) is 32.3 Å². The number of benzene rings is 1. The van der Waals surface area contributed by atoms with Crippen molar-refractivity contribution in [1.29, 1.82) is 0 Å². The van der Waals surface area contributed by atoms with Crippen LogP contribution in [0.15, 0.2) is 35.3 Å². The highest BCUT2D eigenvalue weighted by Crippen LogP contribution is 2.21. The van der Waals surface area contributed by atoms with Crippen LogP contribution in [-0.2, 0) is 14.9 Å². The Balaban J connectivity index is 1.64. The first-order valence-electron chi connectivity index (χ1n) is 8.81. The maximum atomic E-state index is 5.77. The lowest BCUT2D eigenvalue weighted by Gasteiger charge is -2.26. The average molecular weight is 333 g/mol. The van der Waals surface area contributed by atoms with E-state index in [9.17, 15) is 0 Å². The van der Waals surface area contributed by atoms with E-state index in [2.05, 4.69) is 53.7 Å². The van der Waals surface area contributed by atoms with Crippen molar-refractivity contribution >= 4 is 5.96 Å². The van der Waals surface area contributed by atoms with Crippen molar-refractivity contribution in [3.63, 3.8) is 0 Å². The third-order valence-corrected chi connectivity index (χ3v) is 4.33. The van der Waals surface area contributed by atoms with Gasteiger partial charge in [0, 0.05) is 38.8 Å². The molecule has 1 aliphatic heterocycles. The van der Waals surface area contributed by atoms with E-state index in [1.807, 2.05) is 6.07 Å². The van der Waals surface area contributed by atoms with E-state index in [0.29, 0.717) is 0 Å². The van der Waals surface area contributed by atoms with E-state index < -0.39 is 0 Å². The van der Waals surface area contributed by atoms with Crippen LogP contribution in [0.5, 0.6) is 0 Å². The molecular formula is C19H31N3O2. The molecular weight excluding hydrogens is 302 g/mol. The van der Waals surface area contributed by atoms with Crippen molar-refractivity contribution in [2.24, 2.45) is 4.99 Å². The van der Waals surface area contributed by atoms with Crippen LogP contribution >= 0.6 is 0 Å². The Morgan fingerprint density at radius 1 is 1.29 bits per heavy atom. The van der Waals surface area contributed by atoms with Gasteiger partial charge in [-0.05, 0) is 18.4 Å². The zero-order valence-electron chi connectivity index (χ0n) is 15.2. The molecule has 0 bridgehead atoms. The van der Waals surface area contributed by atoms with E-state index in [4.69, 9.17) is 9.47 Å². The zero-order valence-corrected chi connectivity index (χ0v) is 15.2. The maximum absolute atomic E-state index is 5.77. The highest BCUT2D eigenvalue weighted by atomic mass is 16.5. The Bertz CT molecular complexity index is 497. The van der Waals surface area contributed by atoms with Gasteiger partial charge in [-0.25, -0.2) is 0 Å². The number of nitrogens with zero attached hydrogens (tertiary/aromatic N) is 1. The molecule has 0 radical (unpaired) electrons. The second-order valence-electron chi connectivity index (χ2n) is 6.81. The minimum absolute atomic E-state index is 0.0461. The van der Waals surface area contributed by atoms with Gasteiger partial charge in [-0.2, -0.15) is 0 Å². The summed E-state index contributed by atoms with van der Waals surface area (Å²) in [5, 5.41) is 6.76. The molecule has 2 N–H and O–H groups in total. The summed E-state index contributed by atoms with van der Waals surface area (Å²) in [4.78, 5) is 4.29. The summed E-state index contributed by atoms with van der Waals surface area (Å²) in [6.07, 6.45) is 2.26. The first-order valence-corrected chi connectivity index (χ1v) is 8.81. The van der Waals surface area contributed by atoms with Gasteiger partial charge in [0.1, 0.15) is 0 Å². The third-order valence-electron chi connectivity index (χ3n) is 4.33. The van der Waals surface area contributed by atoms with Crippen molar-refractivity contribution in [3.05, 3.63) is 35.9 Å². The molecule has 1 aliphatic rings. The predicted octanol–water partition coefficient (Wildman–Crippen LogP) is 2.32. The fourth-order valence-corrected chi connectivity index (χ4v) is 2.69. The van der Waals surface area contributed by atoms with Crippen LogP contribution in [0.4, 0.5) is 0 Å². The SMILES string of the molecule is CN=C(NCCCOC1CCOC1)NCC(C)(C)c1ccccc1. The van der Waals surface area contributed by atoms with E-state index in [1.54, 1.807) is 7.05 Å². The van der Waals surface area contributed by atoms with E-state index in [0.717, 1.165) is 51.7 Å². The molecule has 0 saturated carbocycles. The standard InChI is InChI=1S/C19H31N3O2/c1-19(2,16-8-5-4-6-9-16)15-22-18(20-3)21-11-7-12-24-17-10-13-23-14-17/h4-6,8-9,17H,7,10-15H2,1-3H3,(H2,20,21,22). The van der Waals surface area contributed by atoms with Crippen LogP contribution in [0.2, 0.25) is 0 Å². The van der Waals surface area contributed by atoms with Gasteiger partial charge in [0.25, 0.3) is 0 Å². The number of ether oxygens (including phenoxy) is 2. The molecule has 1 aromatic rings. The molecule has 24 heavy (non-hydrogen) atoms. The minimum atomic E-state index is 0.0461. The first-order chi connectivity index (χ1) is 11.6. The first kappa shape index (κ1) is 18.7. The molecule has 0 aromatic heterocycles. The number of guanidine groups is 1. The monoisotopic (exact) mass is 333 g/mol. The molecule has 1 saturated heterocycles. The van der Waals surface area contributed by atoms with E-state index in [-0.39, 0.29) is 11.5 Å². The maximum Gasteiger partial charge on any atom is 0.191 e. The van der Waals surface area contributed by atoms with Gasteiger partial charge in [0.05, 0.1) is 12.7 Å². The second kappa shape index (κ2) is 9.64. The van der Waals surface area contributed by atoms with Gasteiger partial charge in [-0.1, -0.05) is 44.2 Å². The normalized spacial score (nSPS) is 18.6. The van der Waals surface area contributed by atoms with Gasteiger partial charge in [0.15, 0.2) is 5.96 Å². The summed E-state index contributed by atoms with van der Waals surface area (Å²) < 4.78 is 11.1. The number of rotatable bonds is 8. The highest BCUT2D eigenvalue weighted by molar-refractivity contribution is 5.79. The molecule has 2 rings (SSSR count). The van der Waals surface area contributed by atoms with E-state index in [1.165, 1.54) is 5.56 Å². The van der Waals surface area contributed by atoms with Crippen LogP contribution in [0.3, 0.4) is 0 Å². The van der Waals surface area contributed by atoms with Gasteiger partial charge in [-0.3, -0.25) is 4.99 Å². The number of nitrogens with one attached hydrogen (secondary N) is 2.